The standard InChI is InChI=1S/C17H15N3O3S/c18-11-3-7-13(8-4-11)24-14-9-15(21)20(17(14)23)12-5-1-10(2-6-12)16(19)22/h1-8,14H,9,18H2,(H2,19,22). The zero-order valence-electron chi connectivity index (χ0n) is 12.6. The lowest BCUT2D eigenvalue weighted by atomic mass is 10.2. The lowest BCUT2D eigenvalue weighted by Gasteiger charge is -2.15. The molecule has 24 heavy (non-hydrogen) atoms. The summed E-state index contributed by atoms with van der Waals surface area (Å²) < 4.78 is 0. The molecule has 1 aliphatic rings. The molecule has 3 rings (SSSR count). The molecule has 0 aliphatic carbocycles. The first-order valence-corrected chi connectivity index (χ1v) is 8.12. The minimum atomic E-state index is -0.558. The molecular weight excluding hydrogens is 326 g/mol. The van der Waals surface area contributed by atoms with E-state index in [2.05, 4.69) is 0 Å². The molecule has 1 fully saturated rings. The molecular formula is C17H15N3O3S. The maximum absolute atomic E-state index is 12.6. The molecule has 3 amide bonds. The summed E-state index contributed by atoms with van der Waals surface area (Å²) in [6.45, 7) is 0. The number of hydrogen-bond acceptors (Lipinski definition) is 5. The van der Waals surface area contributed by atoms with Gasteiger partial charge in [0.05, 0.1) is 10.9 Å². The van der Waals surface area contributed by atoms with Gasteiger partial charge in [0.2, 0.25) is 17.7 Å². The summed E-state index contributed by atoms with van der Waals surface area (Å²) in [5.74, 6) is -1.09. The third kappa shape index (κ3) is 3.11. The number of nitrogens with zero attached hydrogens (tertiary/aromatic N) is 1. The van der Waals surface area contributed by atoms with E-state index in [0.717, 1.165) is 9.80 Å². The van der Waals surface area contributed by atoms with Crippen LogP contribution < -0.4 is 16.4 Å². The second-order valence-electron chi connectivity index (χ2n) is 5.36. The first kappa shape index (κ1) is 16.1. The van der Waals surface area contributed by atoms with Gasteiger partial charge in [0.15, 0.2) is 0 Å². The third-order valence-corrected chi connectivity index (χ3v) is 4.87. The Bertz CT molecular complexity index is 803. The number of hydrogen-bond donors (Lipinski definition) is 2. The van der Waals surface area contributed by atoms with E-state index in [0.29, 0.717) is 16.9 Å². The Morgan fingerprint density at radius 3 is 2.25 bits per heavy atom. The highest BCUT2D eigenvalue weighted by Gasteiger charge is 2.40. The van der Waals surface area contributed by atoms with Gasteiger partial charge < -0.3 is 11.5 Å². The van der Waals surface area contributed by atoms with E-state index >= 15 is 0 Å². The SMILES string of the molecule is NC(=O)c1ccc(N2C(=O)CC(Sc3ccc(N)cc3)C2=O)cc1. The smallest absolute Gasteiger partial charge is 0.248 e. The topological polar surface area (TPSA) is 106 Å². The van der Waals surface area contributed by atoms with Gasteiger partial charge in [-0.25, -0.2) is 4.90 Å². The number of primary amides is 1. The molecule has 0 saturated carbocycles. The lowest BCUT2D eigenvalue weighted by molar-refractivity contribution is -0.121. The normalized spacial score (nSPS) is 17.3. The van der Waals surface area contributed by atoms with Crippen LogP contribution in [0.2, 0.25) is 0 Å². The number of rotatable bonds is 4. The zero-order chi connectivity index (χ0) is 17.3. The number of thioether (sulfide) groups is 1. The van der Waals surface area contributed by atoms with Crippen molar-refractivity contribution in [3.8, 4) is 0 Å². The number of benzene rings is 2. The fraction of sp³-hybridized carbons (Fsp3) is 0.118. The minimum absolute atomic E-state index is 0.130. The van der Waals surface area contributed by atoms with Gasteiger partial charge in [-0.05, 0) is 48.5 Å². The van der Waals surface area contributed by atoms with E-state index in [1.807, 2.05) is 12.1 Å². The van der Waals surface area contributed by atoms with Crippen LogP contribution in [-0.4, -0.2) is 23.0 Å². The van der Waals surface area contributed by atoms with Gasteiger partial charge in [-0.2, -0.15) is 0 Å². The van der Waals surface area contributed by atoms with Gasteiger partial charge in [-0.15, -0.1) is 11.8 Å². The largest absolute Gasteiger partial charge is 0.399 e. The highest BCUT2D eigenvalue weighted by molar-refractivity contribution is 8.00. The summed E-state index contributed by atoms with van der Waals surface area (Å²) in [5.41, 5.74) is 12.2. The number of nitrogens with two attached hydrogens (primary N) is 2. The number of carbonyl (C=O) groups excluding carboxylic acids is 3. The van der Waals surface area contributed by atoms with Crippen molar-refractivity contribution < 1.29 is 14.4 Å². The molecule has 2 aromatic rings. The van der Waals surface area contributed by atoms with E-state index in [1.54, 1.807) is 24.3 Å². The van der Waals surface area contributed by atoms with E-state index in [9.17, 15) is 14.4 Å². The molecule has 4 N–H and O–H groups in total. The predicted molar refractivity (Wildman–Crippen MR) is 92.6 cm³/mol. The Hall–Kier alpha value is -2.80. The predicted octanol–water partition coefficient (Wildman–Crippen LogP) is 1.79. The second kappa shape index (κ2) is 6.37. The van der Waals surface area contributed by atoms with Crippen LogP contribution in [0, 0.1) is 0 Å². The maximum Gasteiger partial charge on any atom is 0.248 e. The maximum atomic E-state index is 12.6. The first-order valence-electron chi connectivity index (χ1n) is 7.24. The number of amides is 3. The fourth-order valence-electron chi connectivity index (χ4n) is 2.45. The summed E-state index contributed by atoms with van der Waals surface area (Å²) >= 11 is 1.34. The Labute approximate surface area is 142 Å². The Morgan fingerprint density at radius 1 is 1.04 bits per heavy atom. The molecule has 1 saturated heterocycles. The van der Waals surface area contributed by atoms with Crippen LogP contribution in [-0.2, 0) is 9.59 Å². The van der Waals surface area contributed by atoms with Crippen LogP contribution in [0.3, 0.4) is 0 Å². The molecule has 2 aromatic carbocycles. The van der Waals surface area contributed by atoms with Gasteiger partial charge in [0.25, 0.3) is 0 Å². The van der Waals surface area contributed by atoms with E-state index in [-0.39, 0.29) is 18.2 Å². The summed E-state index contributed by atoms with van der Waals surface area (Å²) in [5, 5.41) is -0.475. The van der Waals surface area contributed by atoms with Crippen molar-refractivity contribution in [3.05, 3.63) is 54.1 Å². The van der Waals surface area contributed by atoms with Crippen LogP contribution in [0.15, 0.2) is 53.4 Å². The molecule has 6 nitrogen and oxygen atoms in total. The fourth-order valence-corrected chi connectivity index (χ4v) is 3.51. The van der Waals surface area contributed by atoms with Gasteiger partial charge in [-0.1, -0.05) is 0 Å². The van der Waals surface area contributed by atoms with Crippen molar-refractivity contribution >= 4 is 40.9 Å². The van der Waals surface area contributed by atoms with Crippen molar-refractivity contribution in [2.24, 2.45) is 5.73 Å². The van der Waals surface area contributed by atoms with Gasteiger partial charge in [0.1, 0.15) is 0 Å². The number of carbonyl (C=O) groups is 3. The number of anilines is 2. The van der Waals surface area contributed by atoms with Crippen LogP contribution >= 0.6 is 11.8 Å². The highest BCUT2D eigenvalue weighted by atomic mass is 32.2. The molecule has 0 radical (unpaired) electrons. The summed E-state index contributed by atoms with van der Waals surface area (Å²) in [4.78, 5) is 37.9. The quantitative estimate of drug-likeness (QED) is 0.651. The van der Waals surface area contributed by atoms with Crippen LogP contribution in [0.1, 0.15) is 16.8 Å². The Balaban J connectivity index is 1.78. The van der Waals surface area contributed by atoms with Gasteiger partial charge >= 0.3 is 0 Å². The van der Waals surface area contributed by atoms with Crippen molar-refractivity contribution in [1.29, 1.82) is 0 Å². The average molecular weight is 341 g/mol. The second-order valence-corrected chi connectivity index (χ2v) is 6.63. The van der Waals surface area contributed by atoms with Crippen molar-refractivity contribution in [2.75, 3.05) is 10.6 Å². The summed E-state index contributed by atoms with van der Waals surface area (Å²) in [6.07, 6.45) is 0.130. The molecule has 122 valence electrons. The van der Waals surface area contributed by atoms with Crippen LogP contribution in [0.5, 0.6) is 0 Å². The van der Waals surface area contributed by atoms with Crippen molar-refractivity contribution in [2.45, 2.75) is 16.6 Å². The molecule has 1 unspecified atom stereocenters. The minimum Gasteiger partial charge on any atom is -0.399 e. The van der Waals surface area contributed by atoms with Crippen molar-refractivity contribution in [3.63, 3.8) is 0 Å². The zero-order valence-corrected chi connectivity index (χ0v) is 13.5. The summed E-state index contributed by atoms with van der Waals surface area (Å²) in [7, 11) is 0. The van der Waals surface area contributed by atoms with E-state index in [4.69, 9.17) is 11.5 Å². The summed E-state index contributed by atoms with van der Waals surface area (Å²) in [6, 6.07) is 13.2. The molecule has 0 bridgehead atoms. The van der Waals surface area contributed by atoms with Gasteiger partial charge in [-0.3, -0.25) is 14.4 Å². The molecule has 1 aliphatic heterocycles. The Kier molecular flexibility index (Phi) is 4.26. The van der Waals surface area contributed by atoms with Crippen LogP contribution in [0.4, 0.5) is 11.4 Å². The number of imide groups is 1. The Morgan fingerprint density at radius 2 is 1.67 bits per heavy atom. The molecule has 0 spiro atoms. The van der Waals surface area contributed by atoms with E-state index < -0.39 is 11.2 Å². The van der Waals surface area contributed by atoms with Crippen LogP contribution in [0.25, 0.3) is 0 Å². The lowest BCUT2D eigenvalue weighted by Crippen LogP contribution is -2.31. The first-order chi connectivity index (χ1) is 11.5. The van der Waals surface area contributed by atoms with Crippen molar-refractivity contribution in [1.82, 2.24) is 0 Å². The highest BCUT2D eigenvalue weighted by Crippen LogP contribution is 2.34. The molecule has 1 heterocycles. The monoisotopic (exact) mass is 341 g/mol. The van der Waals surface area contributed by atoms with Gasteiger partial charge in [0, 0.05) is 22.6 Å². The molecule has 1 atom stereocenters. The molecule has 7 heteroatoms. The average Bonchev–Trinajstić information content (AvgIpc) is 2.83. The molecule has 0 aromatic heterocycles. The van der Waals surface area contributed by atoms with E-state index in [1.165, 1.54) is 23.9 Å². The number of nitrogen functional groups attached to an aromatic ring is 1. The third-order valence-electron chi connectivity index (χ3n) is 3.67.